The third-order valence-electron chi connectivity index (χ3n) is 3.90. The molecule has 3 heterocycles. The molecule has 0 unspecified atom stereocenters. The number of hydrogen-bond acceptors (Lipinski definition) is 3. The molecular weight excluding hydrogens is 296 g/mol. The number of aromatic nitrogens is 3. The van der Waals surface area contributed by atoms with Gasteiger partial charge in [0.05, 0.1) is 10.7 Å². The molecule has 0 radical (unpaired) electrons. The summed E-state index contributed by atoms with van der Waals surface area (Å²) in [4.78, 5) is 12.2. The molecular formula is C17H19ClN4. The largest absolute Gasteiger partial charge is 0.367 e. The van der Waals surface area contributed by atoms with Crippen LogP contribution in [0.15, 0.2) is 36.7 Å². The average molecular weight is 315 g/mol. The first-order chi connectivity index (χ1) is 10.5. The van der Waals surface area contributed by atoms with E-state index in [1.165, 1.54) is 0 Å². The highest BCUT2D eigenvalue weighted by Gasteiger charge is 2.11. The molecule has 0 fully saturated rings. The lowest BCUT2D eigenvalue weighted by atomic mass is 10.1. The first kappa shape index (κ1) is 14.9. The molecule has 0 aliphatic carbocycles. The molecule has 0 saturated carbocycles. The van der Waals surface area contributed by atoms with Gasteiger partial charge in [0, 0.05) is 29.4 Å². The fourth-order valence-corrected chi connectivity index (χ4v) is 2.41. The molecule has 0 aliphatic heterocycles. The Morgan fingerprint density at radius 2 is 2.05 bits per heavy atom. The van der Waals surface area contributed by atoms with E-state index in [1.54, 1.807) is 6.20 Å². The van der Waals surface area contributed by atoms with E-state index in [0.717, 1.165) is 28.1 Å². The standard InChI is InChI=1S/C17H19ClN4/c1-10(2)11(3)21-16-6-4-5-15(22-16)14-9-20-17-13(14)7-12(18)8-19-17/h4-11H,1-3H3,(H,19,20)(H,21,22)/t11-/m1/s1. The second-order valence-electron chi connectivity index (χ2n) is 5.84. The van der Waals surface area contributed by atoms with Crippen LogP contribution in [-0.4, -0.2) is 21.0 Å². The van der Waals surface area contributed by atoms with Gasteiger partial charge < -0.3 is 10.3 Å². The highest BCUT2D eigenvalue weighted by atomic mass is 35.5. The Kier molecular flexibility index (Phi) is 4.03. The summed E-state index contributed by atoms with van der Waals surface area (Å²) in [5, 5.41) is 5.04. The van der Waals surface area contributed by atoms with Crippen molar-refractivity contribution in [2.75, 3.05) is 5.32 Å². The van der Waals surface area contributed by atoms with Gasteiger partial charge in [-0.25, -0.2) is 9.97 Å². The van der Waals surface area contributed by atoms with Gasteiger partial charge in [0.15, 0.2) is 0 Å². The van der Waals surface area contributed by atoms with Crippen molar-refractivity contribution in [1.29, 1.82) is 0 Å². The van der Waals surface area contributed by atoms with Crippen molar-refractivity contribution in [2.45, 2.75) is 26.8 Å². The number of nitrogens with one attached hydrogen (secondary N) is 2. The normalized spacial score (nSPS) is 12.8. The summed E-state index contributed by atoms with van der Waals surface area (Å²) in [5.41, 5.74) is 2.72. The number of rotatable bonds is 4. The quantitative estimate of drug-likeness (QED) is 0.731. The maximum atomic E-state index is 6.06. The van der Waals surface area contributed by atoms with Crippen molar-refractivity contribution < 1.29 is 0 Å². The van der Waals surface area contributed by atoms with E-state index >= 15 is 0 Å². The van der Waals surface area contributed by atoms with E-state index in [9.17, 15) is 0 Å². The van der Waals surface area contributed by atoms with Crippen LogP contribution in [0.5, 0.6) is 0 Å². The Morgan fingerprint density at radius 3 is 2.82 bits per heavy atom. The van der Waals surface area contributed by atoms with Crippen molar-refractivity contribution in [3.63, 3.8) is 0 Å². The van der Waals surface area contributed by atoms with E-state index < -0.39 is 0 Å². The molecule has 4 nitrogen and oxygen atoms in total. The van der Waals surface area contributed by atoms with E-state index in [2.05, 4.69) is 36.1 Å². The summed E-state index contributed by atoms with van der Waals surface area (Å²) in [6, 6.07) is 8.27. The van der Waals surface area contributed by atoms with Gasteiger partial charge in [0.1, 0.15) is 11.5 Å². The molecule has 3 rings (SSSR count). The van der Waals surface area contributed by atoms with Gasteiger partial charge in [0.2, 0.25) is 0 Å². The molecule has 114 valence electrons. The third-order valence-corrected chi connectivity index (χ3v) is 4.11. The number of halogens is 1. The van der Waals surface area contributed by atoms with Gasteiger partial charge in [-0.15, -0.1) is 0 Å². The molecule has 3 aromatic rings. The van der Waals surface area contributed by atoms with E-state index in [4.69, 9.17) is 16.6 Å². The highest BCUT2D eigenvalue weighted by Crippen LogP contribution is 2.28. The van der Waals surface area contributed by atoms with Crippen LogP contribution < -0.4 is 5.32 Å². The lowest BCUT2D eigenvalue weighted by Crippen LogP contribution is -2.22. The first-order valence-electron chi connectivity index (χ1n) is 7.41. The number of hydrogen-bond donors (Lipinski definition) is 2. The Balaban J connectivity index is 1.99. The second-order valence-corrected chi connectivity index (χ2v) is 6.27. The molecule has 0 aromatic carbocycles. The smallest absolute Gasteiger partial charge is 0.138 e. The topological polar surface area (TPSA) is 53.6 Å². The molecule has 1 atom stereocenters. The maximum absolute atomic E-state index is 6.06. The first-order valence-corrected chi connectivity index (χ1v) is 7.79. The molecule has 5 heteroatoms. The number of anilines is 1. The van der Waals surface area contributed by atoms with Crippen LogP contribution in [-0.2, 0) is 0 Å². The average Bonchev–Trinajstić information content (AvgIpc) is 2.90. The fourth-order valence-electron chi connectivity index (χ4n) is 2.25. The molecule has 0 amide bonds. The van der Waals surface area contributed by atoms with Crippen molar-refractivity contribution in [1.82, 2.24) is 15.0 Å². The monoisotopic (exact) mass is 314 g/mol. The zero-order valence-electron chi connectivity index (χ0n) is 12.9. The van der Waals surface area contributed by atoms with Crippen molar-refractivity contribution in [3.8, 4) is 11.3 Å². The Labute approximate surface area is 134 Å². The van der Waals surface area contributed by atoms with Crippen LogP contribution in [0.3, 0.4) is 0 Å². The molecule has 0 spiro atoms. The molecule has 0 aliphatic rings. The van der Waals surface area contributed by atoms with E-state index in [1.807, 2.05) is 30.5 Å². The number of aromatic amines is 1. The molecule has 22 heavy (non-hydrogen) atoms. The SMILES string of the molecule is CC(C)[C@@H](C)Nc1cccc(-c2c[nH]c3ncc(Cl)cc23)n1. The third kappa shape index (κ3) is 2.92. The second kappa shape index (κ2) is 5.97. The van der Waals surface area contributed by atoms with Crippen molar-refractivity contribution >= 4 is 28.5 Å². The zero-order valence-corrected chi connectivity index (χ0v) is 13.6. The van der Waals surface area contributed by atoms with Gasteiger partial charge >= 0.3 is 0 Å². The van der Waals surface area contributed by atoms with Gasteiger partial charge in [-0.05, 0) is 31.0 Å². The molecule has 3 aromatic heterocycles. The predicted molar refractivity (Wildman–Crippen MR) is 92.3 cm³/mol. The fraction of sp³-hybridized carbons (Fsp3) is 0.294. The van der Waals surface area contributed by atoms with Gasteiger partial charge in [0.25, 0.3) is 0 Å². The minimum absolute atomic E-state index is 0.363. The van der Waals surface area contributed by atoms with Crippen molar-refractivity contribution in [3.05, 3.63) is 41.7 Å². The van der Waals surface area contributed by atoms with Crippen LogP contribution in [0.2, 0.25) is 5.02 Å². The Morgan fingerprint density at radius 1 is 1.23 bits per heavy atom. The van der Waals surface area contributed by atoms with Crippen LogP contribution in [0.1, 0.15) is 20.8 Å². The van der Waals surface area contributed by atoms with Gasteiger partial charge in [-0.1, -0.05) is 31.5 Å². The summed E-state index contributed by atoms with van der Waals surface area (Å²) < 4.78 is 0. The van der Waals surface area contributed by atoms with E-state index in [-0.39, 0.29) is 0 Å². The summed E-state index contributed by atoms with van der Waals surface area (Å²) in [7, 11) is 0. The molecule has 0 bridgehead atoms. The summed E-state index contributed by atoms with van der Waals surface area (Å²) in [5.74, 6) is 1.42. The summed E-state index contributed by atoms with van der Waals surface area (Å²) >= 11 is 6.06. The molecule has 2 N–H and O–H groups in total. The Bertz CT molecular complexity index is 794. The number of pyridine rings is 2. The number of nitrogens with zero attached hydrogens (tertiary/aromatic N) is 2. The lowest BCUT2D eigenvalue weighted by Gasteiger charge is -2.18. The van der Waals surface area contributed by atoms with Crippen LogP contribution in [0.4, 0.5) is 5.82 Å². The van der Waals surface area contributed by atoms with Crippen molar-refractivity contribution in [2.24, 2.45) is 5.92 Å². The minimum atomic E-state index is 0.363. The number of fused-ring (bicyclic) bond motifs is 1. The van der Waals surface area contributed by atoms with Gasteiger partial charge in [-0.2, -0.15) is 0 Å². The summed E-state index contributed by atoms with van der Waals surface area (Å²) in [6.45, 7) is 6.54. The minimum Gasteiger partial charge on any atom is -0.367 e. The maximum Gasteiger partial charge on any atom is 0.138 e. The van der Waals surface area contributed by atoms with Gasteiger partial charge in [-0.3, -0.25) is 0 Å². The van der Waals surface area contributed by atoms with Crippen LogP contribution >= 0.6 is 11.6 Å². The lowest BCUT2D eigenvalue weighted by molar-refractivity contribution is 0.558. The molecule has 0 saturated heterocycles. The predicted octanol–water partition coefficient (Wildman–Crippen LogP) is 4.73. The van der Waals surface area contributed by atoms with E-state index in [0.29, 0.717) is 17.0 Å². The highest BCUT2D eigenvalue weighted by molar-refractivity contribution is 6.31. The Hall–Kier alpha value is -2.07. The summed E-state index contributed by atoms with van der Waals surface area (Å²) in [6.07, 6.45) is 3.56. The zero-order chi connectivity index (χ0) is 15.7. The number of H-pyrrole nitrogens is 1. The van der Waals surface area contributed by atoms with Crippen LogP contribution in [0, 0.1) is 5.92 Å². The van der Waals surface area contributed by atoms with Crippen LogP contribution in [0.25, 0.3) is 22.3 Å².